The van der Waals surface area contributed by atoms with Crippen LogP contribution in [0, 0.1) is 0 Å². The van der Waals surface area contributed by atoms with E-state index < -0.39 is 0 Å². The third-order valence-corrected chi connectivity index (χ3v) is 2.75. The van der Waals surface area contributed by atoms with E-state index in [1.54, 1.807) is 0 Å². The van der Waals surface area contributed by atoms with Crippen molar-refractivity contribution in [1.29, 1.82) is 0 Å². The van der Waals surface area contributed by atoms with Crippen molar-refractivity contribution >= 4 is 6.29 Å². The summed E-state index contributed by atoms with van der Waals surface area (Å²) in [5.74, 6) is -0.0233. The molecule has 2 rings (SSSR count). The van der Waals surface area contributed by atoms with Crippen molar-refractivity contribution in [2.24, 2.45) is 0 Å². The van der Waals surface area contributed by atoms with Gasteiger partial charge in [-0.15, -0.1) is 0 Å². The average molecular weight is 210 g/mol. The molecular formula is C15H14O. The van der Waals surface area contributed by atoms with Crippen molar-refractivity contribution in [3.8, 4) is 11.1 Å². The standard InChI is InChI=1S/C15H14O/c1-12(11-16)13-7-9-15(10-8-13)14-5-3-2-4-6-14/h2-12H,1H3. The largest absolute Gasteiger partial charge is 0.303 e. The van der Waals surface area contributed by atoms with Gasteiger partial charge in [0.2, 0.25) is 0 Å². The summed E-state index contributed by atoms with van der Waals surface area (Å²) in [6, 6.07) is 18.4. The van der Waals surface area contributed by atoms with E-state index >= 15 is 0 Å². The maximum atomic E-state index is 10.7. The number of hydrogen-bond donors (Lipinski definition) is 0. The fourth-order valence-electron chi connectivity index (χ4n) is 1.69. The SMILES string of the molecule is CC(C=O)c1ccc(-c2ccccc2)cc1. The van der Waals surface area contributed by atoms with Crippen LogP contribution in [0.3, 0.4) is 0 Å². The minimum atomic E-state index is -0.0233. The second kappa shape index (κ2) is 4.75. The van der Waals surface area contributed by atoms with Gasteiger partial charge in [0.25, 0.3) is 0 Å². The number of rotatable bonds is 3. The summed E-state index contributed by atoms with van der Waals surface area (Å²) in [5, 5.41) is 0. The summed E-state index contributed by atoms with van der Waals surface area (Å²) >= 11 is 0. The van der Waals surface area contributed by atoms with Crippen molar-refractivity contribution in [1.82, 2.24) is 0 Å². The summed E-state index contributed by atoms with van der Waals surface area (Å²) in [6.07, 6.45) is 0.970. The highest BCUT2D eigenvalue weighted by Gasteiger charge is 2.03. The minimum absolute atomic E-state index is 0.0233. The Balaban J connectivity index is 2.30. The van der Waals surface area contributed by atoms with Crippen LogP contribution in [0.25, 0.3) is 11.1 Å². The molecule has 0 radical (unpaired) electrons. The Bertz CT molecular complexity index is 457. The molecule has 0 N–H and O–H groups in total. The predicted octanol–water partition coefficient (Wildman–Crippen LogP) is 3.66. The highest BCUT2D eigenvalue weighted by Crippen LogP contribution is 2.21. The summed E-state index contributed by atoms with van der Waals surface area (Å²) in [7, 11) is 0. The zero-order valence-electron chi connectivity index (χ0n) is 9.26. The predicted molar refractivity (Wildman–Crippen MR) is 66.4 cm³/mol. The molecule has 0 bridgehead atoms. The molecule has 16 heavy (non-hydrogen) atoms. The van der Waals surface area contributed by atoms with Gasteiger partial charge in [-0.1, -0.05) is 61.5 Å². The second-order valence-corrected chi connectivity index (χ2v) is 3.91. The normalized spacial score (nSPS) is 12.1. The molecule has 2 aromatic carbocycles. The first-order valence-electron chi connectivity index (χ1n) is 5.42. The Morgan fingerprint density at radius 3 is 2.00 bits per heavy atom. The fraction of sp³-hybridized carbons (Fsp3) is 0.133. The molecule has 0 aliphatic heterocycles. The maximum absolute atomic E-state index is 10.7. The molecule has 0 aliphatic rings. The van der Waals surface area contributed by atoms with E-state index in [4.69, 9.17) is 0 Å². The Morgan fingerprint density at radius 1 is 0.875 bits per heavy atom. The van der Waals surface area contributed by atoms with Crippen LogP contribution in [0.4, 0.5) is 0 Å². The Kier molecular flexibility index (Phi) is 3.16. The van der Waals surface area contributed by atoms with Crippen molar-refractivity contribution in [3.63, 3.8) is 0 Å². The fourth-order valence-corrected chi connectivity index (χ4v) is 1.69. The number of aldehydes is 1. The van der Waals surface area contributed by atoms with Gasteiger partial charge in [0, 0.05) is 5.92 Å². The summed E-state index contributed by atoms with van der Waals surface area (Å²) in [6.45, 7) is 1.91. The van der Waals surface area contributed by atoms with Gasteiger partial charge < -0.3 is 4.79 Å². The van der Waals surface area contributed by atoms with Gasteiger partial charge in [0.05, 0.1) is 0 Å². The van der Waals surface area contributed by atoms with E-state index in [9.17, 15) is 4.79 Å². The van der Waals surface area contributed by atoms with Crippen LogP contribution in [0.15, 0.2) is 54.6 Å². The van der Waals surface area contributed by atoms with Gasteiger partial charge >= 0.3 is 0 Å². The van der Waals surface area contributed by atoms with Gasteiger partial charge in [-0.25, -0.2) is 0 Å². The molecular weight excluding hydrogens is 196 g/mol. The lowest BCUT2D eigenvalue weighted by Crippen LogP contribution is -1.93. The second-order valence-electron chi connectivity index (χ2n) is 3.91. The lowest BCUT2D eigenvalue weighted by atomic mass is 9.98. The quantitative estimate of drug-likeness (QED) is 0.706. The number of hydrogen-bond acceptors (Lipinski definition) is 1. The van der Waals surface area contributed by atoms with Crippen LogP contribution in [-0.4, -0.2) is 6.29 Å². The molecule has 0 saturated carbocycles. The van der Waals surface area contributed by atoms with Crippen LogP contribution in [-0.2, 0) is 4.79 Å². The molecule has 0 fully saturated rings. The molecule has 0 aromatic heterocycles. The minimum Gasteiger partial charge on any atom is -0.303 e. The molecule has 1 heteroatoms. The third-order valence-electron chi connectivity index (χ3n) is 2.75. The molecule has 0 aliphatic carbocycles. The molecule has 80 valence electrons. The van der Waals surface area contributed by atoms with Crippen LogP contribution in [0.1, 0.15) is 18.4 Å². The summed E-state index contributed by atoms with van der Waals surface area (Å²) in [5.41, 5.74) is 3.45. The highest BCUT2D eigenvalue weighted by atomic mass is 16.1. The summed E-state index contributed by atoms with van der Waals surface area (Å²) in [4.78, 5) is 10.7. The lowest BCUT2D eigenvalue weighted by molar-refractivity contribution is -0.108. The van der Waals surface area contributed by atoms with Crippen LogP contribution in [0.2, 0.25) is 0 Å². The lowest BCUT2D eigenvalue weighted by Gasteiger charge is -2.06. The first-order chi connectivity index (χ1) is 7.81. The first-order valence-corrected chi connectivity index (χ1v) is 5.42. The monoisotopic (exact) mass is 210 g/mol. The van der Waals surface area contributed by atoms with Crippen LogP contribution in [0.5, 0.6) is 0 Å². The molecule has 0 amide bonds. The van der Waals surface area contributed by atoms with Gasteiger partial charge in [-0.3, -0.25) is 0 Å². The third kappa shape index (κ3) is 2.19. The molecule has 2 aromatic rings. The zero-order valence-corrected chi connectivity index (χ0v) is 9.26. The van der Waals surface area contributed by atoms with Crippen molar-refractivity contribution in [2.45, 2.75) is 12.8 Å². The number of benzene rings is 2. The van der Waals surface area contributed by atoms with Gasteiger partial charge in [0.1, 0.15) is 6.29 Å². The van der Waals surface area contributed by atoms with Gasteiger partial charge in [-0.05, 0) is 16.7 Å². The van der Waals surface area contributed by atoms with E-state index in [-0.39, 0.29) is 5.92 Å². The number of carbonyl (C=O) groups is 1. The van der Waals surface area contributed by atoms with E-state index in [0.29, 0.717) is 0 Å². The molecule has 1 nitrogen and oxygen atoms in total. The maximum Gasteiger partial charge on any atom is 0.127 e. The topological polar surface area (TPSA) is 17.1 Å². The van der Waals surface area contributed by atoms with E-state index in [1.165, 1.54) is 11.1 Å². The van der Waals surface area contributed by atoms with Crippen molar-refractivity contribution in [3.05, 3.63) is 60.2 Å². The molecule has 0 heterocycles. The van der Waals surface area contributed by atoms with Gasteiger partial charge in [0.15, 0.2) is 0 Å². The molecule has 1 unspecified atom stereocenters. The smallest absolute Gasteiger partial charge is 0.127 e. The van der Waals surface area contributed by atoms with Crippen LogP contribution >= 0.6 is 0 Å². The Morgan fingerprint density at radius 2 is 1.44 bits per heavy atom. The molecule has 0 spiro atoms. The number of carbonyl (C=O) groups excluding carboxylic acids is 1. The Labute approximate surface area is 95.7 Å². The van der Waals surface area contributed by atoms with Crippen molar-refractivity contribution < 1.29 is 4.79 Å². The van der Waals surface area contributed by atoms with E-state index in [1.807, 2.05) is 37.3 Å². The first kappa shape index (κ1) is 10.6. The highest BCUT2D eigenvalue weighted by molar-refractivity contribution is 5.66. The van der Waals surface area contributed by atoms with Crippen molar-refractivity contribution in [2.75, 3.05) is 0 Å². The van der Waals surface area contributed by atoms with Gasteiger partial charge in [-0.2, -0.15) is 0 Å². The van der Waals surface area contributed by atoms with Crippen LogP contribution < -0.4 is 0 Å². The molecule has 1 atom stereocenters. The van der Waals surface area contributed by atoms with E-state index in [2.05, 4.69) is 24.3 Å². The van der Waals surface area contributed by atoms with E-state index in [0.717, 1.165) is 11.8 Å². The average Bonchev–Trinajstić information content (AvgIpc) is 2.39. The zero-order chi connectivity index (χ0) is 11.4. The Hall–Kier alpha value is -1.89. The molecule has 0 saturated heterocycles. The summed E-state index contributed by atoms with van der Waals surface area (Å²) < 4.78 is 0.